The second kappa shape index (κ2) is 3.72. The van der Waals surface area contributed by atoms with Gasteiger partial charge in [0.05, 0.1) is 18.7 Å². The van der Waals surface area contributed by atoms with E-state index >= 15 is 0 Å². The Morgan fingerprint density at radius 2 is 2.23 bits per heavy atom. The minimum absolute atomic E-state index is 0.129. The molecule has 1 aromatic rings. The Morgan fingerprint density at radius 1 is 1.54 bits per heavy atom. The van der Waals surface area contributed by atoms with Gasteiger partial charge in [0.1, 0.15) is 5.75 Å². The lowest BCUT2D eigenvalue weighted by molar-refractivity contribution is 0.101. The highest BCUT2D eigenvalue weighted by molar-refractivity contribution is 5.96. The van der Waals surface area contributed by atoms with Crippen LogP contribution >= 0.6 is 0 Å². The van der Waals surface area contributed by atoms with Gasteiger partial charge in [0.25, 0.3) is 0 Å². The van der Waals surface area contributed by atoms with E-state index < -0.39 is 0 Å². The summed E-state index contributed by atoms with van der Waals surface area (Å²) in [6.45, 7) is 1.43. The van der Waals surface area contributed by atoms with Crippen LogP contribution in [0.3, 0.4) is 0 Å². The summed E-state index contributed by atoms with van der Waals surface area (Å²) in [5.41, 5.74) is 0.787. The molecule has 0 amide bonds. The topological polar surface area (TPSA) is 50.1 Å². The fourth-order valence-electron chi connectivity index (χ4n) is 1.04. The van der Waals surface area contributed by atoms with Gasteiger partial charge in [-0.1, -0.05) is 0 Å². The summed E-state index contributed by atoms with van der Waals surface area (Å²) < 4.78 is 4.94. The lowest BCUT2D eigenvalue weighted by atomic mass is 10.1. The molecular formula is C10H9NO2. The second-order valence-electron chi connectivity index (χ2n) is 2.58. The molecule has 1 aromatic carbocycles. The molecule has 0 bridgehead atoms. The third-order valence-electron chi connectivity index (χ3n) is 1.73. The number of benzene rings is 1. The van der Waals surface area contributed by atoms with Crippen LogP contribution in [0.5, 0.6) is 5.75 Å². The third kappa shape index (κ3) is 1.85. The summed E-state index contributed by atoms with van der Waals surface area (Å²) in [6, 6.07) is 6.76. The van der Waals surface area contributed by atoms with Crippen LogP contribution in [-0.4, -0.2) is 12.9 Å². The average Bonchev–Trinajstić information content (AvgIpc) is 2.16. The van der Waals surface area contributed by atoms with E-state index in [9.17, 15) is 4.79 Å². The number of methoxy groups -OCH3 is 1. The Bertz CT molecular complexity index is 377. The van der Waals surface area contributed by atoms with Gasteiger partial charge in [0.2, 0.25) is 0 Å². The largest absolute Gasteiger partial charge is 0.497 e. The van der Waals surface area contributed by atoms with Gasteiger partial charge < -0.3 is 4.74 Å². The van der Waals surface area contributed by atoms with Gasteiger partial charge >= 0.3 is 0 Å². The lowest BCUT2D eigenvalue weighted by Gasteiger charge is -2.02. The number of rotatable bonds is 2. The Hall–Kier alpha value is -1.82. The first-order valence-electron chi connectivity index (χ1n) is 3.78. The van der Waals surface area contributed by atoms with Crippen molar-refractivity contribution in [2.24, 2.45) is 0 Å². The molecule has 1 rings (SSSR count). The number of Topliss-reactive ketones (excluding diaryl/α,β-unsaturated/α-hetero) is 1. The van der Waals surface area contributed by atoms with Gasteiger partial charge in [0.15, 0.2) is 5.78 Å². The van der Waals surface area contributed by atoms with E-state index in [1.807, 2.05) is 6.07 Å². The third-order valence-corrected chi connectivity index (χ3v) is 1.73. The molecule has 0 radical (unpaired) electrons. The molecule has 3 heteroatoms. The number of ketones is 1. The summed E-state index contributed by atoms with van der Waals surface area (Å²) in [6.07, 6.45) is 0. The van der Waals surface area contributed by atoms with Gasteiger partial charge in [0, 0.05) is 5.56 Å². The van der Waals surface area contributed by atoms with Gasteiger partial charge in [-0.25, -0.2) is 0 Å². The lowest BCUT2D eigenvalue weighted by Crippen LogP contribution is -1.97. The van der Waals surface area contributed by atoms with E-state index in [2.05, 4.69) is 0 Å². The molecule has 0 unspecified atom stereocenters. The normalized spacial score (nSPS) is 9.00. The van der Waals surface area contributed by atoms with Crippen LogP contribution in [0.15, 0.2) is 18.2 Å². The maximum Gasteiger partial charge on any atom is 0.161 e. The second-order valence-corrected chi connectivity index (χ2v) is 2.58. The van der Waals surface area contributed by atoms with Crippen molar-refractivity contribution in [3.8, 4) is 11.8 Å². The molecule has 0 aliphatic rings. The quantitative estimate of drug-likeness (QED) is 0.643. The van der Waals surface area contributed by atoms with Gasteiger partial charge in [-0.3, -0.25) is 4.79 Å². The smallest absolute Gasteiger partial charge is 0.161 e. The molecule has 3 nitrogen and oxygen atoms in total. The number of carbonyl (C=O) groups is 1. The Balaban J connectivity index is 3.28. The Labute approximate surface area is 76.6 Å². The monoisotopic (exact) mass is 175 g/mol. The van der Waals surface area contributed by atoms with E-state index in [0.717, 1.165) is 0 Å². The Morgan fingerprint density at radius 3 is 2.69 bits per heavy atom. The van der Waals surface area contributed by atoms with E-state index in [1.165, 1.54) is 14.0 Å². The highest BCUT2D eigenvalue weighted by Gasteiger charge is 2.07. The highest BCUT2D eigenvalue weighted by Crippen LogP contribution is 2.17. The van der Waals surface area contributed by atoms with Crippen LogP contribution in [-0.2, 0) is 0 Å². The first-order chi connectivity index (χ1) is 6.19. The molecule has 13 heavy (non-hydrogen) atoms. The summed E-state index contributed by atoms with van der Waals surface area (Å²) >= 11 is 0. The molecule has 0 spiro atoms. The summed E-state index contributed by atoms with van der Waals surface area (Å²) in [7, 11) is 1.52. The van der Waals surface area contributed by atoms with Gasteiger partial charge in [-0.05, 0) is 25.1 Å². The first kappa shape index (κ1) is 9.27. The molecule has 0 heterocycles. The van der Waals surface area contributed by atoms with E-state index in [1.54, 1.807) is 18.2 Å². The molecule has 0 N–H and O–H groups in total. The fourth-order valence-corrected chi connectivity index (χ4v) is 1.04. The predicted molar refractivity (Wildman–Crippen MR) is 47.7 cm³/mol. The predicted octanol–water partition coefficient (Wildman–Crippen LogP) is 1.77. The zero-order chi connectivity index (χ0) is 9.84. The van der Waals surface area contributed by atoms with E-state index in [-0.39, 0.29) is 5.78 Å². The molecule has 0 saturated carbocycles. The number of hydrogen-bond acceptors (Lipinski definition) is 3. The molecular weight excluding hydrogens is 166 g/mol. The molecule has 0 aromatic heterocycles. The first-order valence-corrected chi connectivity index (χ1v) is 3.78. The average molecular weight is 175 g/mol. The van der Waals surface area contributed by atoms with Crippen molar-refractivity contribution in [3.05, 3.63) is 29.3 Å². The highest BCUT2D eigenvalue weighted by atomic mass is 16.5. The minimum atomic E-state index is -0.129. The maximum absolute atomic E-state index is 11.1. The number of ether oxygens (including phenoxy) is 1. The van der Waals surface area contributed by atoms with Gasteiger partial charge in [-0.15, -0.1) is 0 Å². The van der Waals surface area contributed by atoms with Crippen molar-refractivity contribution in [3.63, 3.8) is 0 Å². The number of nitriles is 1. The molecule has 0 aliphatic carbocycles. The van der Waals surface area contributed by atoms with Crippen LogP contribution in [0.1, 0.15) is 22.8 Å². The van der Waals surface area contributed by atoms with Crippen LogP contribution in [0.25, 0.3) is 0 Å². The summed E-state index contributed by atoms with van der Waals surface area (Å²) in [4.78, 5) is 11.1. The number of hydrogen-bond donors (Lipinski definition) is 0. The van der Waals surface area contributed by atoms with Crippen molar-refractivity contribution >= 4 is 5.78 Å². The maximum atomic E-state index is 11.1. The zero-order valence-corrected chi connectivity index (χ0v) is 7.50. The van der Waals surface area contributed by atoms with E-state index in [0.29, 0.717) is 16.9 Å². The van der Waals surface area contributed by atoms with Crippen molar-refractivity contribution in [2.75, 3.05) is 7.11 Å². The van der Waals surface area contributed by atoms with Gasteiger partial charge in [-0.2, -0.15) is 5.26 Å². The molecule has 0 aliphatic heterocycles. The summed E-state index contributed by atoms with van der Waals surface area (Å²) in [5.74, 6) is 0.458. The van der Waals surface area contributed by atoms with E-state index in [4.69, 9.17) is 10.00 Å². The van der Waals surface area contributed by atoms with Crippen LogP contribution in [0, 0.1) is 11.3 Å². The fraction of sp³-hybridized carbons (Fsp3) is 0.200. The Kier molecular flexibility index (Phi) is 2.65. The SMILES string of the molecule is COc1ccc(C#N)c(C(C)=O)c1. The standard InChI is InChI=1S/C10H9NO2/c1-7(12)10-5-9(13-2)4-3-8(10)6-11/h3-5H,1-2H3. The van der Waals surface area contributed by atoms with Crippen LogP contribution < -0.4 is 4.74 Å². The molecule has 0 atom stereocenters. The van der Waals surface area contributed by atoms with Crippen molar-refractivity contribution in [1.29, 1.82) is 5.26 Å². The number of carbonyl (C=O) groups excluding carboxylic acids is 1. The van der Waals surface area contributed by atoms with Crippen molar-refractivity contribution < 1.29 is 9.53 Å². The van der Waals surface area contributed by atoms with Crippen molar-refractivity contribution in [1.82, 2.24) is 0 Å². The van der Waals surface area contributed by atoms with Crippen LogP contribution in [0.4, 0.5) is 0 Å². The minimum Gasteiger partial charge on any atom is -0.497 e. The van der Waals surface area contributed by atoms with Crippen molar-refractivity contribution in [2.45, 2.75) is 6.92 Å². The molecule has 0 fully saturated rings. The zero-order valence-electron chi connectivity index (χ0n) is 7.50. The van der Waals surface area contributed by atoms with Crippen LogP contribution in [0.2, 0.25) is 0 Å². The number of nitrogens with zero attached hydrogens (tertiary/aromatic N) is 1. The molecule has 0 saturated heterocycles. The molecule has 66 valence electrons. The summed E-state index contributed by atoms with van der Waals surface area (Å²) in [5, 5.41) is 8.69.